The molecular formula is C26H28N4OS3. The van der Waals surface area contributed by atoms with Gasteiger partial charge in [-0.3, -0.25) is 4.79 Å². The molecule has 5 nitrogen and oxygen atoms in total. The Hall–Kier alpha value is -2.16. The fourth-order valence-corrected chi connectivity index (χ4v) is 7.10. The lowest BCUT2D eigenvalue weighted by atomic mass is 9.99. The van der Waals surface area contributed by atoms with Crippen LogP contribution in [0.2, 0.25) is 0 Å². The van der Waals surface area contributed by atoms with Gasteiger partial charge in [-0.05, 0) is 54.5 Å². The van der Waals surface area contributed by atoms with Crippen LogP contribution in [-0.2, 0) is 24.1 Å². The topological polar surface area (TPSA) is 67.8 Å². The highest BCUT2D eigenvalue weighted by atomic mass is 32.2. The molecule has 5 rings (SSSR count). The van der Waals surface area contributed by atoms with Crippen molar-refractivity contribution in [2.75, 3.05) is 18.6 Å². The van der Waals surface area contributed by atoms with Crippen LogP contribution in [0.15, 0.2) is 40.5 Å². The number of carbonyl (C=O) groups is 1. The van der Waals surface area contributed by atoms with Crippen LogP contribution in [0.3, 0.4) is 0 Å². The molecule has 1 aromatic carbocycles. The Morgan fingerprint density at radius 3 is 2.68 bits per heavy atom. The van der Waals surface area contributed by atoms with Gasteiger partial charge in [0, 0.05) is 17.6 Å². The lowest BCUT2D eigenvalue weighted by Gasteiger charge is -2.12. The van der Waals surface area contributed by atoms with Gasteiger partial charge in [-0.15, -0.1) is 11.3 Å². The fourth-order valence-electron chi connectivity index (χ4n) is 4.59. The first-order valence-electron chi connectivity index (χ1n) is 11.7. The first-order valence-corrected chi connectivity index (χ1v) is 14.7. The summed E-state index contributed by atoms with van der Waals surface area (Å²) in [5.74, 6) is 0.773. The average molecular weight is 509 g/mol. The first-order chi connectivity index (χ1) is 16.5. The Bertz CT molecular complexity index is 1350. The van der Waals surface area contributed by atoms with Gasteiger partial charge >= 0.3 is 0 Å². The van der Waals surface area contributed by atoms with Gasteiger partial charge in [-0.25, -0.2) is 15.0 Å². The van der Waals surface area contributed by atoms with Gasteiger partial charge in [0.2, 0.25) is 5.91 Å². The van der Waals surface area contributed by atoms with Gasteiger partial charge < -0.3 is 5.32 Å². The summed E-state index contributed by atoms with van der Waals surface area (Å²) in [6.45, 7) is 5.09. The molecule has 4 aromatic rings. The molecule has 176 valence electrons. The Morgan fingerprint density at radius 1 is 1.12 bits per heavy atom. The second-order valence-corrected chi connectivity index (χ2v) is 11.5. The van der Waals surface area contributed by atoms with E-state index < -0.39 is 0 Å². The van der Waals surface area contributed by atoms with Crippen LogP contribution in [0.25, 0.3) is 20.4 Å². The van der Waals surface area contributed by atoms with Crippen molar-refractivity contribution in [2.45, 2.75) is 55.6 Å². The monoisotopic (exact) mass is 508 g/mol. The number of aryl methyl sites for hydroxylation is 1. The van der Waals surface area contributed by atoms with Gasteiger partial charge in [0.05, 0.1) is 16.0 Å². The molecule has 1 amide bonds. The van der Waals surface area contributed by atoms with E-state index in [1.54, 1.807) is 23.1 Å². The van der Waals surface area contributed by atoms with E-state index in [4.69, 9.17) is 15.0 Å². The SMILES string of the molecule is CSc1nc(SCC(=O)NCCc2ccccc2)c2sc3nc(C(C)C)c4c(c3c2n1)CCC4. The third-order valence-electron chi connectivity index (χ3n) is 6.16. The molecule has 8 heteroatoms. The predicted molar refractivity (Wildman–Crippen MR) is 144 cm³/mol. The zero-order chi connectivity index (χ0) is 23.7. The Labute approximate surface area is 212 Å². The van der Waals surface area contributed by atoms with E-state index in [-0.39, 0.29) is 5.91 Å². The normalized spacial score (nSPS) is 13.2. The lowest BCUT2D eigenvalue weighted by Crippen LogP contribution is -2.27. The number of nitrogens with one attached hydrogen (secondary N) is 1. The third kappa shape index (κ3) is 4.68. The largest absolute Gasteiger partial charge is 0.355 e. The molecule has 0 unspecified atom stereocenters. The van der Waals surface area contributed by atoms with Gasteiger partial charge in [0.25, 0.3) is 0 Å². The highest BCUT2D eigenvalue weighted by Crippen LogP contribution is 2.43. The van der Waals surface area contributed by atoms with Gasteiger partial charge in [-0.1, -0.05) is 67.7 Å². The maximum absolute atomic E-state index is 12.6. The van der Waals surface area contributed by atoms with Crippen molar-refractivity contribution in [3.05, 3.63) is 52.7 Å². The average Bonchev–Trinajstić information content (AvgIpc) is 3.47. The summed E-state index contributed by atoms with van der Waals surface area (Å²) in [5, 5.41) is 5.88. The minimum absolute atomic E-state index is 0.0283. The Kier molecular flexibility index (Phi) is 7.09. The van der Waals surface area contributed by atoms with Crippen molar-refractivity contribution in [1.82, 2.24) is 20.3 Å². The highest BCUT2D eigenvalue weighted by Gasteiger charge is 2.26. The number of nitrogens with zero attached hydrogens (tertiary/aromatic N) is 3. The maximum atomic E-state index is 12.6. The smallest absolute Gasteiger partial charge is 0.230 e. The molecule has 3 heterocycles. The van der Waals surface area contributed by atoms with Crippen LogP contribution in [0.4, 0.5) is 0 Å². The molecule has 3 aromatic heterocycles. The first kappa shape index (κ1) is 23.6. The maximum Gasteiger partial charge on any atom is 0.230 e. The summed E-state index contributed by atoms with van der Waals surface area (Å²) in [6, 6.07) is 10.2. The molecule has 1 aliphatic rings. The number of aromatic nitrogens is 3. The molecule has 0 fully saturated rings. The van der Waals surface area contributed by atoms with E-state index >= 15 is 0 Å². The van der Waals surface area contributed by atoms with Gasteiger partial charge in [0.1, 0.15) is 9.86 Å². The van der Waals surface area contributed by atoms with E-state index in [0.29, 0.717) is 18.2 Å². The summed E-state index contributed by atoms with van der Waals surface area (Å²) in [6.07, 6.45) is 6.20. The van der Waals surface area contributed by atoms with Crippen LogP contribution in [0, 0.1) is 0 Å². The van der Waals surface area contributed by atoms with Crippen LogP contribution in [0.5, 0.6) is 0 Å². The van der Waals surface area contributed by atoms with Crippen LogP contribution in [0.1, 0.15) is 48.6 Å². The van der Waals surface area contributed by atoms with E-state index in [1.807, 2.05) is 24.5 Å². The minimum Gasteiger partial charge on any atom is -0.355 e. The van der Waals surface area contributed by atoms with Crippen molar-refractivity contribution in [3.8, 4) is 0 Å². The number of thiophene rings is 1. The zero-order valence-electron chi connectivity index (χ0n) is 19.7. The number of rotatable bonds is 8. The summed E-state index contributed by atoms with van der Waals surface area (Å²) >= 11 is 4.72. The van der Waals surface area contributed by atoms with Crippen molar-refractivity contribution in [2.24, 2.45) is 0 Å². The number of pyridine rings is 1. The molecule has 0 bridgehead atoms. The third-order valence-corrected chi connectivity index (χ3v) is 8.89. The molecule has 0 spiro atoms. The number of carbonyl (C=O) groups excluding carboxylic acids is 1. The fraction of sp³-hybridized carbons (Fsp3) is 0.385. The van der Waals surface area contributed by atoms with Crippen LogP contribution >= 0.6 is 34.9 Å². The molecule has 1 N–H and O–H groups in total. The van der Waals surface area contributed by atoms with Gasteiger partial charge in [-0.2, -0.15) is 0 Å². The number of fused-ring (bicyclic) bond motifs is 5. The summed E-state index contributed by atoms with van der Waals surface area (Å²) in [5.41, 5.74) is 6.33. The van der Waals surface area contributed by atoms with Crippen molar-refractivity contribution in [3.63, 3.8) is 0 Å². The van der Waals surface area contributed by atoms with Gasteiger partial charge in [0.15, 0.2) is 5.16 Å². The number of amides is 1. The molecular weight excluding hydrogens is 481 g/mol. The highest BCUT2D eigenvalue weighted by molar-refractivity contribution is 8.00. The van der Waals surface area contributed by atoms with Crippen LogP contribution in [-0.4, -0.2) is 39.4 Å². The molecule has 0 aliphatic heterocycles. The molecule has 1 aliphatic carbocycles. The van der Waals surface area contributed by atoms with E-state index in [9.17, 15) is 4.79 Å². The predicted octanol–water partition coefficient (Wildman–Crippen LogP) is 6.02. The summed E-state index contributed by atoms with van der Waals surface area (Å²) in [7, 11) is 0. The summed E-state index contributed by atoms with van der Waals surface area (Å²) < 4.78 is 1.05. The Morgan fingerprint density at radius 2 is 1.91 bits per heavy atom. The van der Waals surface area contributed by atoms with E-state index in [0.717, 1.165) is 44.5 Å². The molecule has 34 heavy (non-hydrogen) atoms. The van der Waals surface area contributed by atoms with Crippen molar-refractivity contribution >= 4 is 61.2 Å². The number of hydrogen-bond acceptors (Lipinski definition) is 7. The molecule has 0 atom stereocenters. The number of hydrogen-bond donors (Lipinski definition) is 1. The summed E-state index contributed by atoms with van der Waals surface area (Å²) in [4.78, 5) is 28.4. The second kappa shape index (κ2) is 10.2. The molecule has 0 radical (unpaired) electrons. The second-order valence-electron chi connectivity index (χ2n) is 8.81. The van der Waals surface area contributed by atoms with Crippen molar-refractivity contribution in [1.29, 1.82) is 0 Å². The zero-order valence-corrected chi connectivity index (χ0v) is 22.1. The minimum atomic E-state index is 0.0283. The number of thioether (sulfide) groups is 2. The lowest BCUT2D eigenvalue weighted by molar-refractivity contribution is -0.118. The van der Waals surface area contributed by atoms with Crippen LogP contribution < -0.4 is 5.32 Å². The number of benzene rings is 1. The van der Waals surface area contributed by atoms with E-state index in [2.05, 4.69) is 31.3 Å². The quantitative estimate of drug-likeness (QED) is 0.178. The molecule has 0 saturated carbocycles. The molecule has 0 saturated heterocycles. The standard InChI is InChI=1S/C26H28N4OS3/c1-15(2)21-18-11-7-10-17(18)20-22-23(34-24(20)28-21)25(30-26(29-22)32-3)33-14-19(31)27-13-12-16-8-5-4-6-9-16/h4-6,8-9,15H,7,10-14H2,1-3H3,(H,27,31). The van der Waals surface area contributed by atoms with E-state index in [1.165, 1.54) is 46.0 Å². The van der Waals surface area contributed by atoms with Crippen molar-refractivity contribution < 1.29 is 4.79 Å². The Balaban J connectivity index is 1.41.